The molecule has 0 saturated carbocycles. The normalized spacial score (nSPS) is 14.5. The van der Waals surface area contributed by atoms with Gasteiger partial charge in [0.25, 0.3) is 0 Å². The molecule has 4 rings (SSSR count). The van der Waals surface area contributed by atoms with Crippen LogP contribution in [0, 0.1) is 0 Å². The van der Waals surface area contributed by atoms with E-state index < -0.39 is 0 Å². The van der Waals surface area contributed by atoms with E-state index in [1.807, 2.05) is 23.1 Å². The molecule has 3 aromatic rings. The first-order chi connectivity index (χ1) is 12.3. The van der Waals surface area contributed by atoms with Crippen LogP contribution >= 0.6 is 0 Å². The lowest BCUT2D eigenvalue weighted by atomic mass is 10.1. The number of hydrogen-bond donors (Lipinski definition) is 1. The standard InChI is InChI=1S/C20H25N5/c1-24(15-20-18-9-3-2-4-10-19(18)22-23-20)14-16-7-5-8-17(13-16)25-12-6-11-21-25/h5-8,11-13H,2-4,9-10,14-15H2,1H3,(H,22,23). The molecular formula is C20H25N5. The number of aryl methyl sites for hydroxylation is 1. The van der Waals surface area contributed by atoms with Crippen molar-refractivity contribution in [3.05, 3.63) is 65.2 Å². The second-order valence-electron chi connectivity index (χ2n) is 6.98. The lowest BCUT2D eigenvalue weighted by Gasteiger charge is -2.17. The fourth-order valence-electron chi connectivity index (χ4n) is 3.70. The summed E-state index contributed by atoms with van der Waals surface area (Å²) in [5.74, 6) is 0. The highest BCUT2D eigenvalue weighted by Gasteiger charge is 2.16. The summed E-state index contributed by atoms with van der Waals surface area (Å²) in [6.07, 6.45) is 10.0. The molecule has 2 aromatic heterocycles. The molecular weight excluding hydrogens is 310 g/mol. The van der Waals surface area contributed by atoms with Crippen LogP contribution in [0.4, 0.5) is 0 Å². The Kier molecular flexibility index (Phi) is 4.65. The monoisotopic (exact) mass is 335 g/mol. The summed E-state index contributed by atoms with van der Waals surface area (Å²) in [4.78, 5) is 2.34. The van der Waals surface area contributed by atoms with Gasteiger partial charge in [0.2, 0.25) is 0 Å². The Balaban J connectivity index is 1.45. The third-order valence-corrected chi connectivity index (χ3v) is 4.94. The van der Waals surface area contributed by atoms with E-state index in [2.05, 4.69) is 51.5 Å². The number of rotatable bonds is 5. The maximum Gasteiger partial charge on any atom is 0.0797 e. The average molecular weight is 335 g/mol. The number of fused-ring (bicyclic) bond motifs is 1. The van der Waals surface area contributed by atoms with Crippen molar-refractivity contribution in [1.29, 1.82) is 0 Å². The van der Waals surface area contributed by atoms with Crippen LogP contribution in [0.5, 0.6) is 0 Å². The number of benzene rings is 1. The van der Waals surface area contributed by atoms with Crippen molar-refractivity contribution < 1.29 is 0 Å². The summed E-state index contributed by atoms with van der Waals surface area (Å²) in [5.41, 5.74) is 6.44. The molecule has 0 bridgehead atoms. The van der Waals surface area contributed by atoms with Crippen molar-refractivity contribution in [3.8, 4) is 5.69 Å². The minimum Gasteiger partial charge on any atom is -0.296 e. The van der Waals surface area contributed by atoms with Crippen molar-refractivity contribution in [3.63, 3.8) is 0 Å². The lowest BCUT2D eigenvalue weighted by Crippen LogP contribution is -2.18. The summed E-state index contributed by atoms with van der Waals surface area (Å²) >= 11 is 0. The van der Waals surface area contributed by atoms with Gasteiger partial charge in [-0.1, -0.05) is 18.6 Å². The molecule has 1 aliphatic rings. The van der Waals surface area contributed by atoms with Crippen LogP contribution in [0.1, 0.15) is 41.8 Å². The SMILES string of the molecule is CN(Cc1cccc(-n2cccn2)c1)Cc1n[nH]c2c1CCCCC2. The number of hydrogen-bond acceptors (Lipinski definition) is 3. The summed E-state index contributed by atoms with van der Waals surface area (Å²) in [7, 11) is 2.17. The molecule has 1 aromatic carbocycles. The summed E-state index contributed by atoms with van der Waals surface area (Å²) in [6, 6.07) is 10.5. The molecule has 130 valence electrons. The Hall–Kier alpha value is -2.40. The molecule has 25 heavy (non-hydrogen) atoms. The van der Waals surface area contributed by atoms with Crippen LogP contribution in [0.3, 0.4) is 0 Å². The molecule has 5 nitrogen and oxygen atoms in total. The van der Waals surface area contributed by atoms with Gasteiger partial charge in [-0.25, -0.2) is 4.68 Å². The predicted molar refractivity (Wildman–Crippen MR) is 98.6 cm³/mol. The molecule has 0 fully saturated rings. The Labute approximate surface area is 148 Å². The molecule has 0 radical (unpaired) electrons. The first kappa shape index (κ1) is 16.1. The molecule has 1 N–H and O–H groups in total. The highest BCUT2D eigenvalue weighted by molar-refractivity contribution is 5.35. The van der Waals surface area contributed by atoms with E-state index in [0.29, 0.717) is 0 Å². The largest absolute Gasteiger partial charge is 0.296 e. The van der Waals surface area contributed by atoms with E-state index in [4.69, 9.17) is 0 Å². The highest BCUT2D eigenvalue weighted by atomic mass is 15.3. The number of H-pyrrole nitrogens is 1. The molecule has 5 heteroatoms. The molecule has 1 aliphatic carbocycles. The molecule has 0 spiro atoms. The Bertz CT molecular complexity index is 818. The van der Waals surface area contributed by atoms with Gasteiger partial charge in [-0.2, -0.15) is 10.2 Å². The molecule has 0 aliphatic heterocycles. The van der Waals surface area contributed by atoms with E-state index >= 15 is 0 Å². The van der Waals surface area contributed by atoms with Gasteiger partial charge < -0.3 is 0 Å². The van der Waals surface area contributed by atoms with Gasteiger partial charge in [0, 0.05) is 31.2 Å². The molecule has 0 amide bonds. The minimum absolute atomic E-state index is 0.887. The van der Waals surface area contributed by atoms with Gasteiger partial charge in [-0.15, -0.1) is 0 Å². The summed E-state index contributed by atoms with van der Waals surface area (Å²) in [5, 5.41) is 12.2. The summed E-state index contributed by atoms with van der Waals surface area (Å²) < 4.78 is 1.90. The van der Waals surface area contributed by atoms with E-state index in [1.54, 1.807) is 0 Å². The van der Waals surface area contributed by atoms with Gasteiger partial charge in [0.15, 0.2) is 0 Å². The maximum atomic E-state index is 4.60. The zero-order chi connectivity index (χ0) is 17.1. The fraction of sp³-hybridized carbons (Fsp3) is 0.400. The molecule has 0 saturated heterocycles. The molecule has 0 unspecified atom stereocenters. The van der Waals surface area contributed by atoms with Gasteiger partial charge in [0.05, 0.1) is 11.4 Å². The number of nitrogens with zero attached hydrogens (tertiary/aromatic N) is 4. The van der Waals surface area contributed by atoms with Crippen LogP contribution < -0.4 is 0 Å². The fourth-order valence-corrected chi connectivity index (χ4v) is 3.70. The van der Waals surface area contributed by atoms with E-state index in [-0.39, 0.29) is 0 Å². The van der Waals surface area contributed by atoms with Gasteiger partial charge >= 0.3 is 0 Å². The second-order valence-corrected chi connectivity index (χ2v) is 6.98. The van der Waals surface area contributed by atoms with Gasteiger partial charge in [-0.3, -0.25) is 10.00 Å². The number of aromatic nitrogens is 4. The topological polar surface area (TPSA) is 49.7 Å². The lowest BCUT2D eigenvalue weighted by molar-refractivity contribution is 0.314. The van der Waals surface area contributed by atoms with E-state index in [0.717, 1.165) is 25.2 Å². The quantitative estimate of drug-likeness (QED) is 0.726. The second kappa shape index (κ2) is 7.23. The minimum atomic E-state index is 0.887. The smallest absolute Gasteiger partial charge is 0.0797 e. The van der Waals surface area contributed by atoms with Gasteiger partial charge in [0.1, 0.15) is 0 Å². The van der Waals surface area contributed by atoms with Crippen LogP contribution in [0.15, 0.2) is 42.7 Å². The number of nitrogens with one attached hydrogen (secondary N) is 1. The highest BCUT2D eigenvalue weighted by Crippen LogP contribution is 2.23. The Morgan fingerprint density at radius 3 is 2.92 bits per heavy atom. The van der Waals surface area contributed by atoms with Crippen LogP contribution in [-0.4, -0.2) is 31.9 Å². The van der Waals surface area contributed by atoms with E-state index in [9.17, 15) is 0 Å². The first-order valence-electron chi connectivity index (χ1n) is 9.12. The average Bonchev–Trinajstić information content (AvgIpc) is 3.21. The molecule has 2 heterocycles. The first-order valence-corrected chi connectivity index (χ1v) is 9.12. The van der Waals surface area contributed by atoms with Crippen LogP contribution in [0.25, 0.3) is 5.69 Å². The molecule has 0 atom stereocenters. The zero-order valence-corrected chi connectivity index (χ0v) is 14.8. The van der Waals surface area contributed by atoms with E-state index in [1.165, 1.54) is 48.2 Å². The predicted octanol–water partition coefficient (Wildman–Crippen LogP) is 3.50. The van der Waals surface area contributed by atoms with Crippen molar-refractivity contribution in [1.82, 2.24) is 24.9 Å². The zero-order valence-electron chi connectivity index (χ0n) is 14.8. The van der Waals surface area contributed by atoms with Crippen molar-refractivity contribution in [2.75, 3.05) is 7.05 Å². The maximum absolute atomic E-state index is 4.60. The Morgan fingerprint density at radius 2 is 2.04 bits per heavy atom. The Morgan fingerprint density at radius 1 is 1.12 bits per heavy atom. The van der Waals surface area contributed by atoms with Crippen molar-refractivity contribution in [2.24, 2.45) is 0 Å². The van der Waals surface area contributed by atoms with Crippen molar-refractivity contribution in [2.45, 2.75) is 45.2 Å². The third-order valence-electron chi connectivity index (χ3n) is 4.94. The van der Waals surface area contributed by atoms with Crippen LogP contribution in [0.2, 0.25) is 0 Å². The van der Waals surface area contributed by atoms with Crippen LogP contribution in [-0.2, 0) is 25.9 Å². The van der Waals surface area contributed by atoms with Crippen molar-refractivity contribution >= 4 is 0 Å². The number of aromatic amines is 1. The summed E-state index contributed by atoms with van der Waals surface area (Å²) in [6.45, 7) is 1.79. The van der Waals surface area contributed by atoms with Gasteiger partial charge in [-0.05, 0) is 62.1 Å². The third kappa shape index (κ3) is 3.66.